The average Bonchev–Trinajstić information content (AvgIpc) is 2.99. The van der Waals surface area contributed by atoms with Crippen molar-refractivity contribution in [2.75, 3.05) is 7.05 Å². The van der Waals surface area contributed by atoms with Gasteiger partial charge in [0.1, 0.15) is 11.5 Å². The molecular weight excluding hydrogens is 371 g/mol. The molecule has 2 saturated heterocycles. The van der Waals surface area contributed by atoms with E-state index in [1.807, 2.05) is 0 Å². The highest BCUT2D eigenvalue weighted by Gasteiger charge is 2.36. The lowest BCUT2D eigenvalue weighted by atomic mass is 9.98. The van der Waals surface area contributed by atoms with Gasteiger partial charge in [-0.2, -0.15) is 9.78 Å². The lowest BCUT2D eigenvalue weighted by Crippen LogP contribution is -2.49. The quantitative estimate of drug-likeness (QED) is 0.869. The summed E-state index contributed by atoms with van der Waals surface area (Å²) in [5, 5.41) is 7.78. The Morgan fingerprint density at radius 2 is 1.78 bits per heavy atom. The Labute approximate surface area is 162 Å². The van der Waals surface area contributed by atoms with Crippen LogP contribution in [0.3, 0.4) is 0 Å². The van der Waals surface area contributed by atoms with E-state index in [-0.39, 0.29) is 35.6 Å². The van der Waals surface area contributed by atoms with Gasteiger partial charge in [0.25, 0.3) is 11.5 Å². The molecule has 8 heteroatoms. The Morgan fingerprint density at radius 3 is 2.41 bits per heavy atom. The molecule has 0 spiro atoms. The molecule has 1 amide bonds. The number of rotatable bonds is 3. The second kappa shape index (κ2) is 7.78. The Balaban J connectivity index is 0.00000210. The predicted molar refractivity (Wildman–Crippen MR) is 102 cm³/mol. The average molecular weight is 393 g/mol. The van der Waals surface area contributed by atoms with Gasteiger partial charge in [0, 0.05) is 31.2 Å². The van der Waals surface area contributed by atoms with Crippen LogP contribution < -0.4 is 10.9 Å². The number of benzene rings is 1. The van der Waals surface area contributed by atoms with Gasteiger partial charge in [-0.15, -0.1) is 12.4 Å². The van der Waals surface area contributed by atoms with Gasteiger partial charge in [-0.1, -0.05) is 0 Å². The van der Waals surface area contributed by atoms with Crippen molar-refractivity contribution in [2.45, 2.75) is 43.8 Å². The van der Waals surface area contributed by atoms with Crippen LogP contribution in [0.5, 0.6) is 0 Å². The molecule has 0 radical (unpaired) electrons. The van der Waals surface area contributed by atoms with Gasteiger partial charge in [0.05, 0.1) is 5.69 Å². The maximum absolute atomic E-state index is 13.1. The van der Waals surface area contributed by atoms with Crippen LogP contribution in [-0.4, -0.2) is 45.8 Å². The molecule has 3 heterocycles. The number of hydrogen-bond donors (Lipinski definition) is 1. The number of carbonyl (C=O) groups is 1. The topological polar surface area (TPSA) is 67.2 Å². The number of aromatic nitrogens is 2. The Bertz CT molecular complexity index is 874. The Kier molecular flexibility index (Phi) is 5.62. The number of nitrogens with one attached hydrogen (secondary N) is 1. The first-order valence-electron chi connectivity index (χ1n) is 8.91. The Hall–Kier alpha value is -2.25. The fourth-order valence-electron chi connectivity index (χ4n) is 3.98. The summed E-state index contributed by atoms with van der Waals surface area (Å²) in [6.45, 7) is 0. The van der Waals surface area contributed by atoms with Gasteiger partial charge in [-0.05, 0) is 56.0 Å². The van der Waals surface area contributed by atoms with Gasteiger partial charge >= 0.3 is 0 Å². The number of hydrogen-bond acceptors (Lipinski definition) is 4. The predicted octanol–water partition coefficient (Wildman–Crippen LogP) is 2.15. The summed E-state index contributed by atoms with van der Waals surface area (Å²) in [7, 11) is 1.80. The summed E-state index contributed by atoms with van der Waals surface area (Å²) < 4.78 is 14.2. The molecule has 1 N–H and O–H groups in total. The number of amides is 1. The van der Waals surface area contributed by atoms with Gasteiger partial charge < -0.3 is 10.2 Å². The minimum atomic E-state index is -0.394. The first-order chi connectivity index (χ1) is 12.5. The van der Waals surface area contributed by atoms with Crippen LogP contribution in [-0.2, 0) is 0 Å². The second-order valence-corrected chi connectivity index (χ2v) is 7.12. The van der Waals surface area contributed by atoms with Crippen molar-refractivity contribution >= 4 is 18.3 Å². The van der Waals surface area contributed by atoms with E-state index in [1.54, 1.807) is 11.9 Å². The highest BCUT2D eigenvalue weighted by molar-refractivity contribution is 5.92. The first-order valence-corrected chi connectivity index (χ1v) is 8.91. The van der Waals surface area contributed by atoms with Gasteiger partial charge in [0.2, 0.25) is 0 Å². The van der Waals surface area contributed by atoms with Crippen LogP contribution in [0.25, 0.3) is 5.69 Å². The maximum Gasteiger partial charge on any atom is 0.274 e. The molecule has 1 aromatic carbocycles. The minimum Gasteiger partial charge on any atom is -0.337 e. The molecular formula is C19H22ClFN4O2. The SMILES string of the molecule is CN(C(=O)c1ccc(=O)n(-c2ccc(F)cc2)n1)C1CC2CCC(C1)N2.Cl. The standard InChI is InChI=1S/C19H21FN4O2.ClH/c1-23(16-10-13-4-5-14(11-16)21-13)19(26)17-8-9-18(25)24(22-17)15-6-2-12(20)3-7-15;/h2-3,6-9,13-14,16,21H,4-5,10-11H2,1H3;1H. The van der Waals surface area contributed by atoms with Crippen molar-refractivity contribution in [1.29, 1.82) is 0 Å². The van der Waals surface area contributed by atoms with E-state index in [0.717, 1.165) is 30.4 Å². The molecule has 2 aliphatic heterocycles. The molecule has 1 aromatic heterocycles. The van der Waals surface area contributed by atoms with Crippen LogP contribution in [0, 0.1) is 5.82 Å². The summed E-state index contributed by atoms with van der Waals surface area (Å²) in [5.74, 6) is -0.596. The third kappa shape index (κ3) is 3.89. The maximum atomic E-state index is 13.1. The summed E-state index contributed by atoms with van der Waals surface area (Å²) in [4.78, 5) is 26.8. The van der Waals surface area contributed by atoms with Crippen LogP contribution in [0.2, 0.25) is 0 Å². The van der Waals surface area contributed by atoms with Gasteiger partial charge in [-0.25, -0.2) is 4.39 Å². The van der Waals surface area contributed by atoms with Crippen LogP contribution in [0.4, 0.5) is 4.39 Å². The molecule has 0 aliphatic carbocycles. The van der Waals surface area contributed by atoms with E-state index in [0.29, 0.717) is 17.8 Å². The van der Waals surface area contributed by atoms with Crippen molar-refractivity contribution in [3.63, 3.8) is 0 Å². The highest BCUT2D eigenvalue weighted by Crippen LogP contribution is 2.29. The van der Waals surface area contributed by atoms with Crippen LogP contribution >= 0.6 is 12.4 Å². The number of fused-ring (bicyclic) bond motifs is 2. The fraction of sp³-hybridized carbons (Fsp3) is 0.421. The van der Waals surface area contributed by atoms with Crippen LogP contribution in [0.1, 0.15) is 36.2 Å². The largest absolute Gasteiger partial charge is 0.337 e. The van der Waals surface area contributed by atoms with E-state index in [4.69, 9.17) is 0 Å². The molecule has 2 aromatic rings. The van der Waals surface area contributed by atoms with E-state index < -0.39 is 5.82 Å². The number of nitrogens with zero attached hydrogens (tertiary/aromatic N) is 3. The molecule has 4 rings (SSSR count). The minimum absolute atomic E-state index is 0. The molecule has 2 bridgehead atoms. The summed E-state index contributed by atoms with van der Waals surface area (Å²) in [6.07, 6.45) is 4.21. The third-order valence-electron chi connectivity index (χ3n) is 5.41. The number of halogens is 2. The normalized spacial score (nSPS) is 23.6. The smallest absolute Gasteiger partial charge is 0.274 e. The monoisotopic (exact) mass is 392 g/mol. The molecule has 144 valence electrons. The zero-order chi connectivity index (χ0) is 18.3. The molecule has 2 fully saturated rings. The summed E-state index contributed by atoms with van der Waals surface area (Å²) in [5.41, 5.74) is 0.270. The van der Waals surface area contributed by atoms with Crippen molar-refractivity contribution < 1.29 is 9.18 Å². The zero-order valence-corrected chi connectivity index (χ0v) is 15.8. The Morgan fingerprint density at radius 1 is 1.15 bits per heavy atom. The van der Waals surface area contributed by atoms with E-state index in [2.05, 4.69) is 10.4 Å². The van der Waals surface area contributed by atoms with Crippen molar-refractivity contribution in [2.24, 2.45) is 0 Å². The molecule has 27 heavy (non-hydrogen) atoms. The highest BCUT2D eigenvalue weighted by atomic mass is 35.5. The lowest BCUT2D eigenvalue weighted by molar-refractivity contribution is 0.0673. The van der Waals surface area contributed by atoms with Crippen molar-refractivity contribution in [3.05, 3.63) is 58.3 Å². The van der Waals surface area contributed by atoms with Crippen LogP contribution in [0.15, 0.2) is 41.2 Å². The van der Waals surface area contributed by atoms with E-state index in [1.165, 1.54) is 36.4 Å². The molecule has 2 unspecified atom stereocenters. The van der Waals surface area contributed by atoms with Crippen molar-refractivity contribution in [1.82, 2.24) is 20.0 Å². The summed E-state index contributed by atoms with van der Waals surface area (Å²) >= 11 is 0. The van der Waals surface area contributed by atoms with E-state index >= 15 is 0 Å². The molecule has 2 atom stereocenters. The molecule has 6 nitrogen and oxygen atoms in total. The first kappa shape index (κ1) is 19.5. The van der Waals surface area contributed by atoms with Gasteiger partial charge in [-0.3, -0.25) is 9.59 Å². The van der Waals surface area contributed by atoms with Crippen molar-refractivity contribution in [3.8, 4) is 5.69 Å². The molecule has 2 aliphatic rings. The second-order valence-electron chi connectivity index (χ2n) is 7.12. The number of carbonyl (C=O) groups excluding carboxylic acids is 1. The fourth-order valence-corrected chi connectivity index (χ4v) is 3.98. The number of piperidine rings is 1. The summed E-state index contributed by atoms with van der Waals surface area (Å²) in [6, 6.07) is 9.36. The third-order valence-corrected chi connectivity index (χ3v) is 5.41. The zero-order valence-electron chi connectivity index (χ0n) is 15.0. The van der Waals surface area contributed by atoms with Gasteiger partial charge in [0.15, 0.2) is 0 Å². The lowest BCUT2D eigenvalue weighted by Gasteiger charge is -2.35. The van der Waals surface area contributed by atoms with E-state index in [9.17, 15) is 14.0 Å². The molecule has 0 saturated carbocycles.